The van der Waals surface area contributed by atoms with Crippen molar-refractivity contribution in [2.75, 3.05) is 4.90 Å². The molecule has 0 aliphatic rings. The molecule has 1 atom stereocenters. The standard InChI is InChI=1S/C44H39ClN3O3P/c1-44(2,3)46-42(50)40(48(34-22-18-21-33(45)31-34)43(51)41(49)32-19-8-4-9-20-32)38-29-16-17-30-39(38)47-52(35-23-10-5-11-24-35,36-25-12-6-13-26-36)37-27-14-7-15-28-37/h4-31,40H,1-3H3,(H,46,50). The summed E-state index contributed by atoms with van der Waals surface area (Å²) in [7, 11) is -2.81. The van der Waals surface area contributed by atoms with Gasteiger partial charge in [-0.2, -0.15) is 0 Å². The molecule has 0 aliphatic carbocycles. The zero-order valence-corrected chi connectivity index (χ0v) is 30.8. The summed E-state index contributed by atoms with van der Waals surface area (Å²) in [6, 6.07) is 51.5. The molecule has 0 radical (unpaired) electrons. The molecule has 260 valence electrons. The van der Waals surface area contributed by atoms with Gasteiger partial charge in [0.15, 0.2) is 0 Å². The fourth-order valence-electron chi connectivity index (χ4n) is 6.19. The van der Waals surface area contributed by atoms with Crippen LogP contribution >= 0.6 is 18.7 Å². The molecule has 0 bridgehead atoms. The zero-order chi connectivity index (χ0) is 36.7. The second kappa shape index (κ2) is 15.8. The molecule has 0 heterocycles. The molecule has 6 aromatic carbocycles. The number of nitrogens with zero attached hydrogens (tertiary/aromatic N) is 2. The first kappa shape index (κ1) is 36.2. The molecular formula is C44H39ClN3O3P. The minimum absolute atomic E-state index is 0.203. The van der Waals surface area contributed by atoms with Gasteiger partial charge in [-0.15, -0.1) is 0 Å². The Morgan fingerprint density at radius 1 is 0.635 bits per heavy atom. The van der Waals surface area contributed by atoms with E-state index in [1.807, 2.05) is 93.6 Å². The molecule has 6 nitrogen and oxygen atoms in total. The molecule has 0 spiro atoms. The summed E-state index contributed by atoms with van der Waals surface area (Å²) in [5.74, 6) is -2.12. The molecule has 0 fully saturated rings. The van der Waals surface area contributed by atoms with E-state index in [2.05, 4.69) is 41.7 Å². The topological polar surface area (TPSA) is 78.8 Å². The number of hydrogen-bond acceptors (Lipinski definition) is 4. The van der Waals surface area contributed by atoms with Gasteiger partial charge in [0.05, 0.1) is 12.7 Å². The fraction of sp³-hybridized carbons (Fsp3) is 0.114. The van der Waals surface area contributed by atoms with Crippen LogP contribution in [0.2, 0.25) is 5.02 Å². The van der Waals surface area contributed by atoms with Crippen molar-refractivity contribution in [2.45, 2.75) is 32.4 Å². The molecule has 6 aromatic rings. The van der Waals surface area contributed by atoms with Crippen molar-refractivity contribution in [1.29, 1.82) is 0 Å². The second-order valence-electron chi connectivity index (χ2n) is 13.3. The molecule has 1 unspecified atom stereocenters. The number of hydrogen-bond donors (Lipinski definition) is 1. The van der Waals surface area contributed by atoms with Crippen LogP contribution in [0.5, 0.6) is 0 Å². The maximum atomic E-state index is 14.8. The Hall–Kier alpha value is -5.55. The molecule has 8 heteroatoms. The summed E-state index contributed by atoms with van der Waals surface area (Å²) in [5.41, 5.74) is 0.776. The number of halogens is 1. The second-order valence-corrected chi connectivity index (χ2v) is 16.7. The van der Waals surface area contributed by atoms with Gasteiger partial charge in [-0.25, -0.2) is 0 Å². The number of Topliss-reactive ketones (excluding diaryl/α,β-unsaturated/α-hetero) is 1. The number of rotatable bonds is 10. The van der Waals surface area contributed by atoms with E-state index < -0.39 is 36.2 Å². The molecule has 0 aromatic heterocycles. The summed E-state index contributed by atoms with van der Waals surface area (Å²) >= 11 is 6.51. The first-order valence-electron chi connectivity index (χ1n) is 17.0. The molecule has 0 aliphatic heterocycles. The Labute approximate surface area is 310 Å². The molecule has 6 rings (SSSR count). The molecule has 0 saturated carbocycles. The van der Waals surface area contributed by atoms with Crippen LogP contribution in [0, 0.1) is 0 Å². The SMILES string of the molecule is CC(C)(C)NC(=O)C(c1ccccc1N=P(c1ccccc1)(c1ccccc1)c1ccccc1)N(C(=O)C(=O)c1ccccc1)c1cccc(Cl)c1. The number of amides is 2. The zero-order valence-electron chi connectivity index (χ0n) is 29.2. The minimum Gasteiger partial charge on any atom is -0.349 e. The van der Waals surface area contributed by atoms with Crippen LogP contribution in [0.25, 0.3) is 0 Å². The van der Waals surface area contributed by atoms with Crippen molar-refractivity contribution in [3.8, 4) is 0 Å². The van der Waals surface area contributed by atoms with Crippen LogP contribution in [0.1, 0.15) is 42.7 Å². The lowest BCUT2D eigenvalue weighted by atomic mass is 9.98. The summed E-state index contributed by atoms with van der Waals surface area (Å²) < 4.78 is 5.74. The highest BCUT2D eigenvalue weighted by Crippen LogP contribution is 2.50. The van der Waals surface area contributed by atoms with E-state index in [0.29, 0.717) is 22.0 Å². The van der Waals surface area contributed by atoms with E-state index in [-0.39, 0.29) is 5.56 Å². The minimum atomic E-state index is -2.81. The van der Waals surface area contributed by atoms with Crippen molar-refractivity contribution in [3.05, 3.63) is 186 Å². The number of carbonyl (C=O) groups excluding carboxylic acids is 3. The van der Waals surface area contributed by atoms with E-state index in [9.17, 15) is 14.4 Å². The monoisotopic (exact) mass is 723 g/mol. The Kier molecular flexibility index (Phi) is 11.0. The Morgan fingerprint density at radius 2 is 1.12 bits per heavy atom. The molecule has 0 saturated heterocycles. The predicted octanol–water partition coefficient (Wildman–Crippen LogP) is 9.02. The largest absolute Gasteiger partial charge is 0.349 e. The van der Waals surface area contributed by atoms with Gasteiger partial charge in [0.2, 0.25) is 5.91 Å². The average Bonchev–Trinajstić information content (AvgIpc) is 3.16. The number of benzene rings is 6. The Morgan fingerprint density at radius 3 is 1.62 bits per heavy atom. The van der Waals surface area contributed by atoms with Gasteiger partial charge in [-0.05, 0) is 45.0 Å². The van der Waals surface area contributed by atoms with Crippen LogP contribution in [0.3, 0.4) is 0 Å². The third-order valence-corrected chi connectivity index (χ3v) is 12.3. The smallest absolute Gasteiger partial charge is 0.300 e. The van der Waals surface area contributed by atoms with Gasteiger partial charge < -0.3 is 5.32 Å². The highest BCUT2D eigenvalue weighted by Gasteiger charge is 2.39. The van der Waals surface area contributed by atoms with Crippen molar-refractivity contribution < 1.29 is 14.4 Å². The van der Waals surface area contributed by atoms with Gasteiger partial charge in [-0.3, -0.25) is 24.0 Å². The Balaban J connectivity index is 1.69. The van der Waals surface area contributed by atoms with Crippen LogP contribution in [-0.2, 0) is 9.59 Å². The summed E-state index contributed by atoms with van der Waals surface area (Å²) in [4.78, 5) is 44.6. The number of carbonyl (C=O) groups is 3. The first-order chi connectivity index (χ1) is 25.1. The maximum absolute atomic E-state index is 14.8. The van der Waals surface area contributed by atoms with E-state index in [0.717, 1.165) is 15.9 Å². The van der Waals surface area contributed by atoms with Gasteiger partial charge in [-0.1, -0.05) is 157 Å². The molecule has 52 heavy (non-hydrogen) atoms. The van der Waals surface area contributed by atoms with Gasteiger partial charge >= 0.3 is 0 Å². The van der Waals surface area contributed by atoms with Gasteiger partial charge in [0.1, 0.15) is 6.04 Å². The summed E-state index contributed by atoms with van der Waals surface area (Å²) in [5, 5.41) is 6.48. The van der Waals surface area contributed by atoms with Crippen molar-refractivity contribution in [3.63, 3.8) is 0 Å². The normalized spacial score (nSPS) is 12.0. The highest BCUT2D eigenvalue weighted by molar-refractivity contribution is 7.87. The Bertz CT molecular complexity index is 2140. The lowest BCUT2D eigenvalue weighted by Gasteiger charge is -2.34. The van der Waals surface area contributed by atoms with Crippen LogP contribution in [-0.4, -0.2) is 23.1 Å². The fourth-order valence-corrected chi connectivity index (χ4v) is 9.93. The van der Waals surface area contributed by atoms with E-state index in [4.69, 9.17) is 16.3 Å². The number of ketones is 1. The van der Waals surface area contributed by atoms with Gasteiger partial charge in [0, 0.05) is 43.3 Å². The average molecular weight is 724 g/mol. The predicted molar refractivity (Wildman–Crippen MR) is 214 cm³/mol. The quantitative estimate of drug-likeness (QED) is 0.0871. The lowest BCUT2D eigenvalue weighted by molar-refractivity contribution is -0.126. The van der Waals surface area contributed by atoms with E-state index in [1.54, 1.807) is 60.7 Å². The third-order valence-electron chi connectivity index (χ3n) is 8.42. The van der Waals surface area contributed by atoms with Gasteiger partial charge in [0.25, 0.3) is 11.7 Å². The molecular weight excluding hydrogens is 685 g/mol. The van der Waals surface area contributed by atoms with Crippen LogP contribution < -0.4 is 26.1 Å². The van der Waals surface area contributed by atoms with Crippen molar-refractivity contribution in [1.82, 2.24) is 5.32 Å². The summed E-state index contributed by atoms with van der Waals surface area (Å²) in [6.45, 7) is 5.61. The van der Waals surface area contributed by atoms with Crippen LogP contribution in [0.15, 0.2) is 175 Å². The lowest BCUT2D eigenvalue weighted by Crippen LogP contribution is -2.51. The van der Waals surface area contributed by atoms with Crippen LogP contribution in [0.4, 0.5) is 11.4 Å². The molecule has 2 amide bonds. The first-order valence-corrected chi connectivity index (χ1v) is 19.1. The van der Waals surface area contributed by atoms with Crippen molar-refractivity contribution >= 4 is 63.5 Å². The van der Waals surface area contributed by atoms with E-state index >= 15 is 0 Å². The number of anilines is 1. The van der Waals surface area contributed by atoms with E-state index in [1.165, 1.54) is 4.90 Å². The highest BCUT2D eigenvalue weighted by atomic mass is 35.5. The molecule has 1 N–H and O–H groups in total. The maximum Gasteiger partial charge on any atom is 0.300 e. The summed E-state index contributed by atoms with van der Waals surface area (Å²) in [6.07, 6.45) is 0. The number of nitrogens with one attached hydrogen (secondary N) is 1. The van der Waals surface area contributed by atoms with Crippen molar-refractivity contribution in [2.24, 2.45) is 4.74 Å². The third kappa shape index (κ3) is 7.84.